The largest absolute Gasteiger partial charge is 0.412 e. The number of nitrogens with zero attached hydrogens (tertiary/aromatic N) is 2. The van der Waals surface area contributed by atoms with Crippen molar-refractivity contribution in [2.45, 2.75) is 43.6 Å². The number of anilines is 1. The van der Waals surface area contributed by atoms with Gasteiger partial charge in [-0.1, -0.05) is 18.2 Å². The summed E-state index contributed by atoms with van der Waals surface area (Å²) in [5.41, 5.74) is 17.4. The number of aliphatic hydroxyl groups is 1. The summed E-state index contributed by atoms with van der Waals surface area (Å²) in [4.78, 5) is 44.5. The SMILES string of the molecule is NCCN(CCN)C(=O)C[C@H](N)C(=O)N[C@H](C(=O)Nc1ccc2ncccc2c1)[C@H](O)C1=CC=C(C(F)(F)F)CC1. The molecule has 0 saturated heterocycles. The fraction of sp³-hybridized carbons (Fsp3) is 0.407. The third kappa shape index (κ3) is 8.57. The minimum atomic E-state index is -4.52. The van der Waals surface area contributed by atoms with Crippen LogP contribution in [0.3, 0.4) is 0 Å². The average Bonchev–Trinajstić information content (AvgIpc) is 2.94. The highest BCUT2D eigenvalue weighted by Crippen LogP contribution is 2.34. The zero-order chi connectivity index (χ0) is 30.2. The Balaban J connectivity index is 1.82. The molecule has 1 aromatic carbocycles. The van der Waals surface area contributed by atoms with Gasteiger partial charge in [-0.15, -0.1) is 0 Å². The lowest BCUT2D eigenvalue weighted by atomic mass is 9.90. The van der Waals surface area contributed by atoms with Crippen LogP contribution in [0.25, 0.3) is 10.9 Å². The molecule has 222 valence electrons. The second-order valence-electron chi connectivity index (χ2n) is 9.53. The molecule has 0 radical (unpaired) electrons. The lowest BCUT2D eigenvalue weighted by molar-refractivity contribution is -0.135. The maximum atomic E-state index is 13.3. The van der Waals surface area contributed by atoms with Crippen molar-refractivity contribution in [3.8, 4) is 0 Å². The van der Waals surface area contributed by atoms with Crippen molar-refractivity contribution >= 4 is 34.3 Å². The Hall–Kier alpha value is -3.85. The molecule has 0 aliphatic heterocycles. The van der Waals surface area contributed by atoms with E-state index in [1.807, 2.05) is 0 Å². The van der Waals surface area contributed by atoms with Gasteiger partial charge in [-0.05, 0) is 42.7 Å². The summed E-state index contributed by atoms with van der Waals surface area (Å²) < 4.78 is 39.3. The Morgan fingerprint density at radius 1 is 1.05 bits per heavy atom. The highest BCUT2D eigenvalue weighted by molar-refractivity contribution is 6.00. The zero-order valence-corrected chi connectivity index (χ0v) is 22.2. The van der Waals surface area contributed by atoms with Gasteiger partial charge >= 0.3 is 6.18 Å². The first kappa shape index (κ1) is 31.7. The van der Waals surface area contributed by atoms with Crippen LogP contribution in [0.5, 0.6) is 0 Å². The molecular formula is C27H34F3N7O4. The minimum absolute atomic E-state index is 0.114. The van der Waals surface area contributed by atoms with Crippen LogP contribution in [0.1, 0.15) is 19.3 Å². The maximum Gasteiger partial charge on any atom is 0.412 e. The van der Waals surface area contributed by atoms with Crippen molar-refractivity contribution in [1.29, 1.82) is 0 Å². The predicted molar refractivity (Wildman–Crippen MR) is 147 cm³/mol. The van der Waals surface area contributed by atoms with Crippen molar-refractivity contribution in [3.05, 3.63) is 59.8 Å². The standard InChI is InChI=1S/C27H34F3N7O4/c28-27(29,30)18-5-3-16(4-6-18)24(39)23(26(41)35-19-7-8-21-17(14-19)2-1-11-34-21)36-25(40)20(33)15-22(38)37(12-9-31)13-10-32/h1-3,5,7-8,11,14,20,23-24,39H,4,6,9-10,12-13,15,31-33H2,(H,35,41)(H,36,40)/t20-,23-,24+/m0/s1. The molecule has 0 spiro atoms. The van der Waals surface area contributed by atoms with Crippen molar-refractivity contribution in [3.63, 3.8) is 0 Å². The molecule has 2 aromatic rings. The number of hydrogen-bond donors (Lipinski definition) is 6. The molecule has 0 saturated carbocycles. The first-order valence-electron chi connectivity index (χ1n) is 13.0. The van der Waals surface area contributed by atoms with Crippen LogP contribution < -0.4 is 27.8 Å². The zero-order valence-electron chi connectivity index (χ0n) is 22.2. The molecule has 0 bridgehead atoms. The second kappa shape index (κ2) is 14.2. The number of allylic oxidation sites excluding steroid dienone is 3. The molecule has 0 unspecified atom stereocenters. The number of aromatic nitrogens is 1. The lowest BCUT2D eigenvalue weighted by Crippen LogP contribution is -2.56. The van der Waals surface area contributed by atoms with E-state index in [2.05, 4.69) is 15.6 Å². The van der Waals surface area contributed by atoms with Crippen LogP contribution in [0.15, 0.2) is 59.8 Å². The molecule has 9 N–H and O–H groups in total. The number of amides is 3. The number of halogens is 3. The lowest BCUT2D eigenvalue weighted by Gasteiger charge is -2.28. The number of nitrogens with one attached hydrogen (secondary N) is 2. The fourth-order valence-corrected chi connectivity index (χ4v) is 4.35. The molecule has 3 amide bonds. The van der Waals surface area contributed by atoms with Crippen LogP contribution in [-0.4, -0.2) is 83.3 Å². The third-order valence-corrected chi connectivity index (χ3v) is 6.57. The molecule has 1 aliphatic carbocycles. The fourth-order valence-electron chi connectivity index (χ4n) is 4.35. The van der Waals surface area contributed by atoms with Crippen LogP contribution in [0.4, 0.5) is 18.9 Å². The molecular weight excluding hydrogens is 543 g/mol. The number of pyridine rings is 1. The van der Waals surface area contributed by atoms with Crippen LogP contribution in [0, 0.1) is 0 Å². The number of nitrogens with two attached hydrogens (primary N) is 3. The molecule has 3 rings (SSSR count). The van der Waals surface area contributed by atoms with Crippen molar-refractivity contribution in [2.75, 3.05) is 31.5 Å². The first-order chi connectivity index (χ1) is 19.4. The highest BCUT2D eigenvalue weighted by atomic mass is 19.4. The Morgan fingerprint density at radius 3 is 2.37 bits per heavy atom. The summed E-state index contributed by atoms with van der Waals surface area (Å²) in [6, 6.07) is 5.33. The van der Waals surface area contributed by atoms with Gasteiger partial charge in [0.05, 0.1) is 18.0 Å². The maximum absolute atomic E-state index is 13.3. The minimum Gasteiger partial charge on any atom is -0.386 e. The van der Waals surface area contributed by atoms with Gasteiger partial charge in [0.15, 0.2) is 0 Å². The van der Waals surface area contributed by atoms with Gasteiger partial charge in [0.2, 0.25) is 17.7 Å². The Kier molecular flexibility index (Phi) is 10.9. The summed E-state index contributed by atoms with van der Waals surface area (Å²) in [7, 11) is 0. The Labute approximate surface area is 234 Å². The van der Waals surface area contributed by atoms with E-state index in [1.54, 1.807) is 36.5 Å². The summed E-state index contributed by atoms with van der Waals surface area (Å²) in [6.45, 7) is 0.756. The van der Waals surface area contributed by atoms with Crippen LogP contribution >= 0.6 is 0 Å². The number of fused-ring (bicyclic) bond motifs is 1. The first-order valence-corrected chi connectivity index (χ1v) is 13.0. The summed E-state index contributed by atoms with van der Waals surface area (Å²) in [6.07, 6.45) is -3.68. The van der Waals surface area contributed by atoms with Crippen molar-refractivity contribution in [2.24, 2.45) is 17.2 Å². The number of alkyl halides is 3. The highest BCUT2D eigenvalue weighted by Gasteiger charge is 2.37. The van der Waals surface area contributed by atoms with Gasteiger partial charge in [0, 0.05) is 49.0 Å². The number of carbonyl (C=O) groups is 3. The molecule has 11 nitrogen and oxygen atoms in total. The van der Waals surface area contributed by atoms with Gasteiger partial charge in [0.25, 0.3) is 0 Å². The van der Waals surface area contributed by atoms with E-state index in [-0.39, 0.29) is 38.2 Å². The Bertz CT molecular complexity index is 1310. The smallest absolute Gasteiger partial charge is 0.386 e. The van der Waals surface area contributed by atoms with Gasteiger partial charge in [-0.2, -0.15) is 13.2 Å². The average molecular weight is 578 g/mol. The molecule has 1 aromatic heterocycles. The van der Waals surface area contributed by atoms with E-state index in [9.17, 15) is 32.7 Å². The van der Waals surface area contributed by atoms with Crippen LogP contribution in [0.2, 0.25) is 0 Å². The van der Waals surface area contributed by atoms with E-state index in [0.717, 1.165) is 12.2 Å². The predicted octanol–water partition coefficient (Wildman–Crippen LogP) is 0.691. The number of carbonyl (C=O) groups excluding carboxylic acids is 3. The number of aliphatic hydroxyl groups excluding tert-OH is 1. The number of benzene rings is 1. The van der Waals surface area contributed by atoms with E-state index < -0.39 is 60.5 Å². The van der Waals surface area contributed by atoms with E-state index in [1.165, 1.54) is 4.90 Å². The third-order valence-electron chi connectivity index (χ3n) is 6.57. The molecule has 0 fully saturated rings. The summed E-state index contributed by atoms with van der Waals surface area (Å²) in [5.74, 6) is -2.23. The van der Waals surface area contributed by atoms with Gasteiger partial charge in [-0.25, -0.2) is 0 Å². The van der Waals surface area contributed by atoms with Gasteiger partial charge in [-0.3, -0.25) is 19.4 Å². The number of hydrogen-bond acceptors (Lipinski definition) is 8. The molecule has 1 aliphatic rings. The molecule has 14 heteroatoms. The van der Waals surface area contributed by atoms with Crippen molar-refractivity contribution in [1.82, 2.24) is 15.2 Å². The molecule has 3 atom stereocenters. The van der Waals surface area contributed by atoms with Crippen molar-refractivity contribution < 1.29 is 32.7 Å². The summed E-state index contributed by atoms with van der Waals surface area (Å²) in [5, 5.41) is 16.8. The van der Waals surface area contributed by atoms with Crippen LogP contribution in [-0.2, 0) is 14.4 Å². The quantitative estimate of drug-likeness (QED) is 0.212. The van der Waals surface area contributed by atoms with E-state index in [0.29, 0.717) is 16.6 Å². The topological polar surface area (TPSA) is 190 Å². The van der Waals surface area contributed by atoms with Gasteiger partial charge < -0.3 is 37.8 Å². The van der Waals surface area contributed by atoms with Gasteiger partial charge in [0.1, 0.15) is 12.1 Å². The Morgan fingerprint density at radius 2 is 1.76 bits per heavy atom. The number of rotatable bonds is 12. The normalized spacial score (nSPS) is 15.8. The monoisotopic (exact) mass is 577 g/mol. The second-order valence-corrected chi connectivity index (χ2v) is 9.53. The van der Waals surface area contributed by atoms with E-state index in [4.69, 9.17) is 17.2 Å². The van der Waals surface area contributed by atoms with E-state index >= 15 is 0 Å². The molecule has 1 heterocycles. The molecule has 41 heavy (non-hydrogen) atoms. The summed E-state index contributed by atoms with van der Waals surface area (Å²) >= 11 is 0.